The van der Waals surface area contributed by atoms with E-state index < -0.39 is 11.4 Å². The fourth-order valence-electron chi connectivity index (χ4n) is 2.77. The molecule has 5 nitrogen and oxygen atoms in total. The highest BCUT2D eigenvalue weighted by atomic mass is 16.5. The van der Waals surface area contributed by atoms with E-state index in [2.05, 4.69) is 0 Å². The molecule has 1 heterocycles. The number of carboxylic acid groups (broad SMARTS) is 1. The molecule has 0 aliphatic carbocycles. The first-order valence-electron chi connectivity index (χ1n) is 7.32. The average molecular weight is 303 g/mol. The van der Waals surface area contributed by atoms with Gasteiger partial charge in [0.15, 0.2) is 0 Å². The molecule has 0 aliphatic rings. The SMILES string of the molecule is Cc1c(C(=O)O)c(=O)c2ccc(OC(C)C)cc2n1C(C)C. The molecule has 0 saturated carbocycles. The smallest absolute Gasteiger partial charge is 0.341 e. The number of pyridine rings is 1. The van der Waals surface area contributed by atoms with Gasteiger partial charge in [-0.15, -0.1) is 0 Å². The number of carboxylic acids is 1. The highest BCUT2D eigenvalue weighted by Gasteiger charge is 2.20. The van der Waals surface area contributed by atoms with Crippen molar-refractivity contribution < 1.29 is 14.6 Å². The summed E-state index contributed by atoms with van der Waals surface area (Å²) in [7, 11) is 0. The number of carbonyl (C=O) groups is 1. The Morgan fingerprint density at radius 1 is 1.23 bits per heavy atom. The van der Waals surface area contributed by atoms with E-state index >= 15 is 0 Å². The van der Waals surface area contributed by atoms with Crippen LogP contribution in [0.15, 0.2) is 23.0 Å². The second kappa shape index (κ2) is 5.83. The van der Waals surface area contributed by atoms with Gasteiger partial charge in [-0.3, -0.25) is 4.79 Å². The third-order valence-corrected chi connectivity index (χ3v) is 3.53. The van der Waals surface area contributed by atoms with Crippen LogP contribution in [0.1, 0.15) is 49.8 Å². The Bertz CT molecular complexity index is 787. The van der Waals surface area contributed by atoms with Crippen LogP contribution in [0.4, 0.5) is 0 Å². The summed E-state index contributed by atoms with van der Waals surface area (Å²) in [5, 5.41) is 9.74. The van der Waals surface area contributed by atoms with Crippen LogP contribution in [0.25, 0.3) is 10.9 Å². The first-order chi connectivity index (χ1) is 10.2. The van der Waals surface area contributed by atoms with Gasteiger partial charge in [-0.05, 0) is 46.8 Å². The number of rotatable bonds is 4. The molecule has 5 heteroatoms. The van der Waals surface area contributed by atoms with Gasteiger partial charge in [0.25, 0.3) is 0 Å². The van der Waals surface area contributed by atoms with Crippen molar-refractivity contribution in [1.82, 2.24) is 4.57 Å². The second-order valence-electron chi connectivity index (χ2n) is 5.90. The van der Waals surface area contributed by atoms with Gasteiger partial charge in [0.2, 0.25) is 5.43 Å². The number of nitrogens with zero attached hydrogens (tertiary/aromatic N) is 1. The summed E-state index contributed by atoms with van der Waals surface area (Å²) < 4.78 is 7.55. The Labute approximate surface area is 129 Å². The van der Waals surface area contributed by atoms with E-state index in [1.807, 2.05) is 32.3 Å². The second-order valence-corrected chi connectivity index (χ2v) is 5.90. The molecule has 2 rings (SSSR count). The number of hydrogen-bond donors (Lipinski definition) is 1. The maximum Gasteiger partial charge on any atom is 0.341 e. The fraction of sp³-hybridized carbons (Fsp3) is 0.412. The van der Waals surface area contributed by atoms with Gasteiger partial charge >= 0.3 is 5.97 Å². The zero-order chi connectivity index (χ0) is 16.6. The van der Waals surface area contributed by atoms with Crippen LogP contribution in [0.5, 0.6) is 5.75 Å². The largest absolute Gasteiger partial charge is 0.491 e. The van der Waals surface area contributed by atoms with E-state index in [0.29, 0.717) is 22.3 Å². The topological polar surface area (TPSA) is 68.5 Å². The number of fused-ring (bicyclic) bond motifs is 1. The van der Waals surface area contributed by atoms with E-state index in [1.165, 1.54) is 0 Å². The molecule has 0 radical (unpaired) electrons. The lowest BCUT2D eigenvalue weighted by Gasteiger charge is -2.21. The van der Waals surface area contributed by atoms with Gasteiger partial charge in [0.05, 0.1) is 11.6 Å². The lowest BCUT2D eigenvalue weighted by atomic mass is 10.1. The quantitative estimate of drug-likeness (QED) is 0.940. The normalized spacial score (nSPS) is 11.4. The van der Waals surface area contributed by atoms with E-state index in [9.17, 15) is 14.7 Å². The van der Waals surface area contributed by atoms with Gasteiger partial charge in [0, 0.05) is 23.2 Å². The highest BCUT2D eigenvalue weighted by molar-refractivity contribution is 5.94. The maximum absolute atomic E-state index is 12.5. The van der Waals surface area contributed by atoms with Crippen molar-refractivity contribution in [1.29, 1.82) is 0 Å². The van der Waals surface area contributed by atoms with Crippen LogP contribution in [0.3, 0.4) is 0 Å². The summed E-state index contributed by atoms with van der Waals surface area (Å²) >= 11 is 0. The monoisotopic (exact) mass is 303 g/mol. The molecule has 0 unspecified atom stereocenters. The summed E-state index contributed by atoms with van der Waals surface area (Å²) in [6, 6.07) is 5.17. The molecule has 1 aromatic heterocycles. The Morgan fingerprint density at radius 3 is 2.36 bits per heavy atom. The maximum atomic E-state index is 12.5. The summed E-state index contributed by atoms with van der Waals surface area (Å²) in [6.45, 7) is 9.44. The standard InChI is InChI=1S/C17H21NO4/c1-9(2)18-11(5)15(17(20)21)16(19)13-7-6-12(8-14(13)18)22-10(3)4/h6-10H,1-5H3,(H,20,21). The number of ether oxygens (including phenoxy) is 1. The Kier molecular flexibility index (Phi) is 4.26. The molecule has 0 fully saturated rings. The van der Waals surface area contributed by atoms with Crippen LogP contribution in [0, 0.1) is 6.92 Å². The molecule has 0 spiro atoms. The minimum atomic E-state index is -1.19. The molecule has 0 atom stereocenters. The van der Waals surface area contributed by atoms with Crippen LogP contribution in [-0.2, 0) is 0 Å². The molecule has 1 N–H and O–H groups in total. The third-order valence-electron chi connectivity index (χ3n) is 3.53. The first-order valence-corrected chi connectivity index (χ1v) is 7.32. The highest BCUT2D eigenvalue weighted by Crippen LogP contribution is 2.25. The van der Waals surface area contributed by atoms with Gasteiger partial charge in [-0.25, -0.2) is 4.79 Å². The predicted octanol–water partition coefficient (Wildman–Crippen LogP) is 3.38. The molecule has 0 saturated heterocycles. The van der Waals surface area contributed by atoms with Crippen molar-refractivity contribution in [2.24, 2.45) is 0 Å². The van der Waals surface area contributed by atoms with E-state index in [4.69, 9.17) is 4.74 Å². The van der Waals surface area contributed by atoms with E-state index in [0.717, 1.165) is 0 Å². The molecular formula is C17H21NO4. The van der Waals surface area contributed by atoms with Gasteiger partial charge in [-0.2, -0.15) is 0 Å². The Hall–Kier alpha value is -2.30. The van der Waals surface area contributed by atoms with E-state index in [1.54, 1.807) is 25.1 Å². The Morgan fingerprint density at radius 2 is 1.86 bits per heavy atom. The van der Waals surface area contributed by atoms with Crippen LogP contribution in [-0.4, -0.2) is 21.7 Å². The fourth-order valence-corrected chi connectivity index (χ4v) is 2.77. The number of benzene rings is 1. The summed E-state index contributed by atoms with van der Waals surface area (Å²) in [5.74, 6) is -0.528. The molecule has 0 aliphatic heterocycles. The molecule has 118 valence electrons. The predicted molar refractivity (Wildman–Crippen MR) is 86.1 cm³/mol. The zero-order valence-corrected chi connectivity index (χ0v) is 13.5. The molecule has 1 aromatic carbocycles. The van der Waals surface area contributed by atoms with Gasteiger partial charge in [0.1, 0.15) is 11.3 Å². The van der Waals surface area contributed by atoms with E-state index in [-0.39, 0.29) is 17.7 Å². The summed E-state index contributed by atoms with van der Waals surface area (Å²) in [6.07, 6.45) is 0.0241. The van der Waals surface area contributed by atoms with Crippen molar-refractivity contribution in [3.05, 3.63) is 39.7 Å². The van der Waals surface area contributed by atoms with Crippen molar-refractivity contribution in [3.8, 4) is 5.75 Å². The van der Waals surface area contributed by atoms with Crippen LogP contribution < -0.4 is 10.2 Å². The number of hydrogen-bond acceptors (Lipinski definition) is 3. The van der Waals surface area contributed by atoms with Crippen LogP contribution in [0.2, 0.25) is 0 Å². The van der Waals surface area contributed by atoms with Gasteiger partial charge in [-0.1, -0.05) is 0 Å². The van der Waals surface area contributed by atoms with Crippen molar-refractivity contribution in [2.45, 2.75) is 46.8 Å². The van der Waals surface area contributed by atoms with Crippen molar-refractivity contribution in [3.63, 3.8) is 0 Å². The summed E-state index contributed by atoms with van der Waals surface area (Å²) in [4.78, 5) is 23.9. The molecule has 2 aromatic rings. The Balaban J connectivity index is 2.89. The minimum absolute atomic E-state index is 0.0236. The lowest BCUT2D eigenvalue weighted by molar-refractivity contribution is 0.0694. The number of aromatic nitrogens is 1. The minimum Gasteiger partial charge on any atom is -0.491 e. The first kappa shape index (κ1) is 16.1. The molecule has 0 amide bonds. The van der Waals surface area contributed by atoms with Gasteiger partial charge < -0.3 is 14.4 Å². The zero-order valence-electron chi connectivity index (χ0n) is 13.5. The molecular weight excluding hydrogens is 282 g/mol. The average Bonchev–Trinajstić information content (AvgIpc) is 2.36. The number of aromatic carboxylic acids is 1. The van der Waals surface area contributed by atoms with Crippen LogP contribution >= 0.6 is 0 Å². The van der Waals surface area contributed by atoms with Crippen molar-refractivity contribution >= 4 is 16.9 Å². The lowest BCUT2D eigenvalue weighted by Crippen LogP contribution is -2.23. The molecule has 0 bridgehead atoms. The molecule has 22 heavy (non-hydrogen) atoms. The summed E-state index contributed by atoms with van der Waals surface area (Å²) in [5.41, 5.74) is 0.536. The third kappa shape index (κ3) is 2.71. The van der Waals surface area contributed by atoms with Crippen molar-refractivity contribution in [2.75, 3.05) is 0 Å².